The smallest absolute Gasteiger partial charge is 0.234 e. The molecule has 19 heavy (non-hydrogen) atoms. The van der Waals surface area contributed by atoms with Crippen molar-refractivity contribution in [2.45, 2.75) is 19.1 Å². The van der Waals surface area contributed by atoms with Crippen LogP contribution in [0.2, 0.25) is 0 Å². The average molecular weight is 282 g/mol. The van der Waals surface area contributed by atoms with Crippen LogP contribution in [-0.2, 0) is 21.3 Å². The molecule has 1 atom stereocenters. The standard InChI is InChI=1S/C14H22N2O2S/c1-12-5-3-6-13(9-12)10-19(18)11-14(17)16(2)8-4-7-15/h3,5-6,9H,4,7-8,10-11,15H2,1-2H3. The zero-order chi connectivity index (χ0) is 14.3. The Bertz CT molecular complexity index is 449. The molecule has 1 aromatic carbocycles. The molecule has 2 N–H and O–H groups in total. The van der Waals surface area contributed by atoms with Gasteiger partial charge in [-0.1, -0.05) is 29.8 Å². The van der Waals surface area contributed by atoms with E-state index in [-0.39, 0.29) is 11.7 Å². The second kappa shape index (κ2) is 8.07. The van der Waals surface area contributed by atoms with Crippen LogP contribution in [-0.4, -0.2) is 40.9 Å². The monoisotopic (exact) mass is 282 g/mol. The molecule has 0 aliphatic carbocycles. The molecule has 0 aliphatic heterocycles. The average Bonchev–Trinajstić information content (AvgIpc) is 2.35. The maximum absolute atomic E-state index is 12.0. The van der Waals surface area contributed by atoms with Crippen molar-refractivity contribution in [3.05, 3.63) is 35.4 Å². The molecule has 0 aliphatic rings. The van der Waals surface area contributed by atoms with Crippen molar-refractivity contribution in [2.75, 3.05) is 25.9 Å². The number of nitrogens with two attached hydrogens (primary N) is 1. The highest BCUT2D eigenvalue weighted by Gasteiger charge is 2.12. The van der Waals surface area contributed by atoms with Gasteiger partial charge in [0, 0.05) is 30.1 Å². The molecule has 1 amide bonds. The van der Waals surface area contributed by atoms with Crippen molar-refractivity contribution in [1.29, 1.82) is 0 Å². The van der Waals surface area contributed by atoms with E-state index in [4.69, 9.17) is 5.73 Å². The van der Waals surface area contributed by atoms with Gasteiger partial charge in [-0.05, 0) is 25.5 Å². The Morgan fingerprint density at radius 3 is 2.79 bits per heavy atom. The van der Waals surface area contributed by atoms with Gasteiger partial charge in [0.05, 0.1) is 0 Å². The lowest BCUT2D eigenvalue weighted by molar-refractivity contribution is -0.127. The second-order valence-electron chi connectivity index (χ2n) is 4.68. The Kier molecular flexibility index (Phi) is 6.73. The zero-order valence-electron chi connectivity index (χ0n) is 11.6. The minimum absolute atomic E-state index is 0.0784. The molecule has 106 valence electrons. The summed E-state index contributed by atoms with van der Waals surface area (Å²) in [5, 5.41) is 0. The summed E-state index contributed by atoms with van der Waals surface area (Å²) in [6.45, 7) is 3.18. The van der Waals surface area contributed by atoms with Crippen LogP contribution in [0.5, 0.6) is 0 Å². The Morgan fingerprint density at radius 2 is 2.16 bits per heavy atom. The first-order chi connectivity index (χ1) is 9.02. The first kappa shape index (κ1) is 15.9. The Balaban J connectivity index is 2.44. The van der Waals surface area contributed by atoms with E-state index in [0.717, 1.165) is 17.5 Å². The van der Waals surface area contributed by atoms with E-state index in [1.54, 1.807) is 11.9 Å². The van der Waals surface area contributed by atoms with Gasteiger partial charge in [0.1, 0.15) is 5.75 Å². The number of nitrogens with zero attached hydrogens (tertiary/aromatic N) is 1. The lowest BCUT2D eigenvalue weighted by atomic mass is 10.2. The quantitative estimate of drug-likeness (QED) is 0.813. The molecule has 0 bridgehead atoms. The van der Waals surface area contributed by atoms with Crippen LogP contribution in [0, 0.1) is 6.92 Å². The molecule has 1 unspecified atom stereocenters. The van der Waals surface area contributed by atoms with Crippen LogP contribution in [0.3, 0.4) is 0 Å². The number of amides is 1. The number of carbonyl (C=O) groups excluding carboxylic acids is 1. The minimum Gasteiger partial charge on any atom is -0.345 e. The topological polar surface area (TPSA) is 63.4 Å². The van der Waals surface area contributed by atoms with Gasteiger partial charge in [-0.15, -0.1) is 0 Å². The summed E-state index contributed by atoms with van der Waals surface area (Å²) in [6, 6.07) is 7.88. The van der Waals surface area contributed by atoms with Gasteiger partial charge in [0.15, 0.2) is 0 Å². The summed E-state index contributed by atoms with van der Waals surface area (Å²) < 4.78 is 12.0. The lowest BCUT2D eigenvalue weighted by Crippen LogP contribution is -2.32. The van der Waals surface area contributed by atoms with Crippen LogP contribution in [0.4, 0.5) is 0 Å². The molecular formula is C14H22N2O2S. The number of hydrogen-bond donors (Lipinski definition) is 1. The summed E-state index contributed by atoms with van der Waals surface area (Å²) in [5.41, 5.74) is 7.55. The van der Waals surface area contributed by atoms with Crippen molar-refractivity contribution in [2.24, 2.45) is 5.73 Å². The fourth-order valence-corrected chi connectivity index (χ4v) is 2.89. The first-order valence-electron chi connectivity index (χ1n) is 6.37. The van der Waals surface area contributed by atoms with Gasteiger partial charge in [0.2, 0.25) is 5.91 Å². The Morgan fingerprint density at radius 1 is 1.42 bits per heavy atom. The predicted molar refractivity (Wildman–Crippen MR) is 79.2 cm³/mol. The van der Waals surface area contributed by atoms with Gasteiger partial charge in [0.25, 0.3) is 0 Å². The SMILES string of the molecule is Cc1cccc(CS(=O)CC(=O)N(C)CCCN)c1. The number of aryl methyl sites for hydroxylation is 1. The summed E-state index contributed by atoms with van der Waals surface area (Å²) in [5.74, 6) is 0.423. The highest BCUT2D eigenvalue weighted by Crippen LogP contribution is 2.07. The normalized spacial score (nSPS) is 12.2. The fraction of sp³-hybridized carbons (Fsp3) is 0.500. The van der Waals surface area contributed by atoms with Gasteiger partial charge >= 0.3 is 0 Å². The van der Waals surface area contributed by atoms with Crippen molar-refractivity contribution in [1.82, 2.24) is 4.90 Å². The maximum atomic E-state index is 12.0. The van der Waals surface area contributed by atoms with Gasteiger partial charge in [-0.25, -0.2) is 0 Å². The van der Waals surface area contributed by atoms with Crippen molar-refractivity contribution < 1.29 is 9.00 Å². The van der Waals surface area contributed by atoms with Crippen LogP contribution < -0.4 is 5.73 Å². The largest absolute Gasteiger partial charge is 0.345 e. The van der Waals surface area contributed by atoms with E-state index in [1.807, 2.05) is 31.2 Å². The molecule has 0 saturated carbocycles. The Hall–Kier alpha value is -1.20. The molecule has 0 spiro atoms. The third-order valence-corrected chi connectivity index (χ3v) is 4.04. The van der Waals surface area contributed by atoms with Crippen molar-refractivity contribution in [3.63, 3.8) is 0 Å². The highest BCUT2D eigenvalue weighted by atomic mass is 32.2. The van der Waals surface area contributed by atoms with E-state index in [2.05, 4.69) is 0 Å². The number of hydrogen-bond acceptors (Lipinski definition) is 3. The predicted octanol–water partition coefficient (Wildman–Crippen LogP) is 1.05. The molecule has 1 aromatic rings. The summed E-state index contributed by atoms with van der Waals surface area (Å²) in [7, 11) is 0.566. The number of rotatable bonds is 7. The van der Waals surface area contributed by atoms with E-state index in [0.29, 0.717) is 18.8 Å². The molecule has 0 fully saturated rings. The van der Waals surface area contributed by atoms with Gasteiger partial charge < -0.3 is 10.6 Å². The molecule has 5 heteroatoms. The zero-order valence-corrected chi connectivity index (χ0v) is 12.4. The van der Waals surface area contributed by atoms with Crippen LogP contribution >= 0.6 is 0 Å². The first-order valence-corrected chi connectivity index (χ1v) is 7.86. The molecule has 4 nitrogen and oxygen atoms in total. The van der Waals surface area contributed by atoms with Crippen LogP contribution in [0.25, 0.3) is 0 Å². The lowest BCUT2D eigenvalue weighted by Gasteiger charge is -2.16. The van der Waals surface area contributed by atoms with Crippen molar-refractivity contribution >= 4 is 16.7 Å². The Labute approximate surface area is 117 Å². The fourth-order valence-electron chi connectivity index (χ4n) is 1.74. The van der Waals surface area contributed by atoms with Crippen LogP contribution in [0.1, 0.15) is 17.5 Å². The minimum atomic E-state index is -1.16. The summed E-state index contributed by atoms with van der Waals surface area (Å²) in [6.07, 6.45) is 0.771. The molecule has 1 rings (SSSR count). The van der Waals surface area contributed by atoms with Gasteiger partial charge in [-0.2, -0.15) is 0 Å². The number of benzene rings is 1. The third-order valence-electron chi connectivity index (χ3n) is 2.82. The molecule has 0 saturated heterocycles. The van der Waals surface area contributed by atoms with E-state index in [1.165, 1.54) is 0 Å². The van der Waals surface area contributed by atoms with E-state index >= 15 is 0 Å². The number of carbonyl (C=O) groups is 1. The molecule has 0 radical (unpaired) electrons. The van der Waals surface area contributed by atoms with Crippen molar-refractivity contribution in [3.8, 4) is 0 Å². The van der Waals surface area contributed by atoms with Crippen LogP contribution in [0.15, 0.2) is 24.3 Å². The summed E-state index contributed by atoms with van der Waals surface area (Å²) in [4.78, 5) is 13.4. The maximum Gasteiger partial charge on any atom is 0.234 e. The second-order valence-corrected chi connectivity index (χ2v) is 6.13. The van der Waals surface area contributed by atoms with E-state index < -0.39 is 10.8 Å². The molecule has 0 heterocycles. The van der Waals surface area contributed by atoms with E-state index in [9.17, 15) is 9.00 Å². The third kappa shape index (κ3) is 5.98. The molecular weight excluding hydrogens is 260 g/mol. The summed E-state index contributed by atoms with van der Waals surface area (Å²) >= 11 is 0. The van der Waals surface area contributed by atoms with Gasteiger partial charge in [-0.3, -0.25) is 9.00 Å². The molecule has 0 aromatic heterocycles. The highest BCUT2D eigenvalue weighted by molar-refractivity contribution is 7.84.